The Morgan fingerprint density at radius 3 is 2.74 bits per heavy atom. The van der Waals surface area contributed by atoms with Crippen LogP contribution in [0.3, 0.4) is 0 Å². The summed E-state index contributed by atoms with van der Waals surface area (Å²) in [7, 11) is 0. The number of H-pyrrole nitrogens is 1. The van der Waals surface area contributed by atoms with Crippen molar-refractivity contribution in [3.63, 3.8) is 0 Å². The Morgan fingerprint density at radius 1 is 1.26 bits per heavy atom. The quantitative estimate of drug-likeness (QED) is 0.820. The van der Waals surface area contributed by atoms with Gasteiger partial charge in [0.2, 0.25) is 0 Å². The molecule has 1 heterocycles. The second kappa shape index (κ2) is 5.15. The van der Waals surface area contributed by atoms with Gasteiger partial charge in [-0.3, -0.25) is 9.89 Å². The highest BCUT2D eigenvalue weighted by molar-refractivity contribution is 5.71. The number of nitrogens with one attached hydrogen (secondary N) is 1. The molecule has 0 bridgehead atoms. The van der Waals surface area contributed by atoms with Crippen LogP contribution in [0.4, 0.5) is 0 Å². The predicted molar refractivity (Wildman–Crippen MR) is 69.8 cm³/mol. The number of nitrogens with zero attached hydrogens (tertiary/aromatic N) is 2. The van der Waals surface area contributed by atoms with Gasteiger partial charge in [0.05, 0.1) is 5.92 Å². The minimum absolute atomic E-state index is 0.0647. The molecular formula is C14H19N3O2. The molecule has 0 unspecified atom stereocenters. The van der Waals surface area contributed by atoms with Crippen LogP contribution in [-0.4, -0.2) is 26.3 Å². The Bertz CT molecular complexity index is 489. The summed E-state index contributed by atoms with van der Waals surface area (Å²) in [5, 5.41) is 16.6. The van der Waals surface area contributed by atoms with Crippen LogP contribution in [0, 0.1) is 5.92 Å². The Labute approximate surface area is 112 Å². The standard InChI is InChI=1S/C14H19N3O2/c18-14(19)11-8-4-3-7-10(11)13-15-12(16-17-13)9-5-1-2-6-9/h3-4,9-11H,1-2,5-8H2,(H,18,19)(H,15,16,17)/t10-,11+/m1/s1. The van der Waals surface area contributed by atoms with Crippen LogP contribution in [0.5, 0.6) is 0 Å². The molecule has 102 valence electrons. The fourth-order valence-electron chi connectivity index (χ4n) is 3.21. The van der Waals surface area contributed by atoms with E-state index in [-0.39, 0.29) is 11.8 Å². The highest BCUT2D eigenvalue weighted by atomic mass is 16.4. The third kappa shape index (κ3) is 2.41. The van der Waals surface area contributed by atoms with E-state index in [0.717, 1.165) is 30.9 Å². The molecule has 2 N–H and O–H groups in total. The average molecular weight is 261 g/mol. The first kappa shape index (κ1) is 12.4. The number of allylic oxidation sites excluding steroid dienone is 2. The molecule has 5 nitrogen and oxygen atoms in total. The SMILES string of the molecule is O=C(O)[C@H]1CC=CC[C@H]1c1nc(C2CCCC2)n[nH]1. The number of carboxylic acid groups (broad SMARTS) is 1. The van der Waals surface area contributed by atoms with Gasteiger partial charge in [0.25, 0.3) is 0 Å². The number of hydrogen-bond acceptors (Lipinski definition) is 3. The maximum absolute atomic E-state index is 11.3. The van der Waals surface area contributed by atoms with E-state index in [1.165, 1.54) is 12.8 Å². The van der Waals surface area contributed by atoms with E-state index in [1.54, 1.807) is 0 Å². The van der Waals surface area contributed by atoms with Crippen molar-refractivity contribution >= 4 is 5.97 Å². The van der Waals surface area contributed by atoms with E-state index in [2.05, 4.69) is 15.2 Å². The minimum Gasteiger partial charge on any atom is -0.481 e. The van der Waals surface area contributed by atoms with Crippen LogP contribution in [0.2, 0.25) is 0 Å². The smallest absolute Gasteiger partial charge is 0.307 e. The Balaban J connectivity index is 1.80. The Kier molecular flexibility index (Phi) is 3.36. The third-order valence-corrected chi connectivity index (χ3v) is 4.34. The topological polar surface area (TPSA) is 78.9 Å². The predicted octanol–water partition coefficient (Wildman–Crippen LogP) is 2.60. The van der Waals surface area contributed by atoms with Gasteiger partial charge in [-0.25, -0.2) is 4.98 Å². The van der Waals surface area contributed by atoms with Crippen molar-refractivity contribution in [1.29, 1.82) is 0 Å². The second-order valence-corrected chi connectivity index (χ2v) is 5.55. The number of aliphatic carboxylic acids is 1. The number of carbonyl (C=O) groups is 1. The van der Waals surface area contributed by atoms with Crippen molar-refractivity contribution in [2.45, 2.75) is 50.4 Å². The van der Waals surface area contributed by atoms with Gasteiger partial charge in [0.15, 0.2) is 5.82 Å². The van der Waals surface area contributed by atoms with Gasteiger partial charge in [-0.15, -0.1) is 0 Å². The largest absolute Gasteiger partial charge is 0.481 e. The van der Waals surface area contributed by atoms with Crippen LogP contribution in [0.25, 0.3) is 0 Å². The van der Waals surface area contributed by atoms with E-state index >= 15 is 0 Å². The van der Waals surface area contributed by atoms with Crippen LogP contribution in [0.15, 0.2) is 12.2 Å². The van der Waals surface area contributed by atoms with E-state index in [9.17, 15) is 9.90 Å². The lowest BCUT2D eigenvalue weighted by atomic mass is 9.82. The maximum Gasteiger partial charge on any atom is 0.307 e. The molecular weight excluding hydrogens is 242 g/mol. The van der Waals surface area contributed by atoms with Crippen LogP contribution in [-0.2, 0) is 4.79 Å². The molecule has 1 fully saturated rings. The molecule has 1 aromatic heterocycles. The number of hydrogen-bond donors (Lipinski definition) is 2. The molecule has 0 spiro atoms. The number of carboxylic acids is 1. The molecule has 1 aromatic rings. The van der Waals surface area contributed by atoms with E-state index in [1.807, 2.05) is 12.2 Å². The van der Waals surface area contributed by atoms with Gasteiger partial charge in [0.1, 0.15) is 5.82 Å². The zero-order valence-corrected chi connectivity index (χ0v) is 10.9. The first-order chi connectivity index (χ1) is 9.25. The zero-order chi connectivity index (χ0) is 13.2. The normalized spacial score (nSPS) is 27.8. The summed E-state index contributed by atoms with van der Waals surface area (Å²) in [5.41, 5.74) is 0. The summed E-state index contributed by atoms with van der Waals surface area (Å²) in [6.45, 7) is 0. The summed E-state index contributed by atoms with van der Waals surface area (Å²) in [5.74, 6) is 0.907. The molecule has 2 aliphatic carbocycles. The first-order valence-electron chi connectivity index (χ1n) is 7.05. The van der Waals surface area contributed by atoms with Crippen LogP contribution < -0.4 is 0 Å². The van der Waals surface area contributed by atoms with Crippen LogP contribution >= 0.6 is 0 Å². The lowest BCUT2D eigenvalue weighted by Crippen LogP contribution is -2.24. The summed E-state index contributed by atoms with van der Waals surface area (Å²) in [6.07, 6.45) is 10.1. The maximum atomic E-state index is 11.3. The molecule has 3 rings (SSSR count). The van der Waals surface area contributed by atoms with Gasteiger partial charge in [0, 0.05) is 11.8 Å². The fourth-order valence-corrected chi connectivity index (χ4v) is 3.21. The van der Waals surface area contributed by atoms with Gasteiger partial charge >= 0.3 is 5.97 Å². The molecule has 0 radical (unpaired) electrons. The monoisotopic (exact) mass is 261 g/mol. The van der Waals surface area contributed by atoms with Crippen molar-refractivity contribution in [3.8, 4) is 0 Å². The molecule has 0 aromatic carbocycles. The number of aromatic nitrogens is 3. The molecule has 0 aliphatic heterocycles. The van der Waals surface area contributed by atoms with Crippen molar-refractivity contribution in [1.82, 2.24) is 15.2 Å². The minimum atomic E-state index is -0.742. The molecule has 0 saturated heterocycles. The van der Waals surface area contributed by atoms with Crippen molar-refractivity contribution < 1.29 is 9.90 Å². The highest BCUT2D eigenvalue weighted by Crippen LogP contribution is 2.36. The van der Waals surface area contributed by atoms with Gasteiger partial charge in [-0.1, -0.05) is 25.0 Å². The average Bonchev–Trinajstić information content (AvgIpc) is 3.09. The highest BCUT2D eigenvalue weighted by Gasteiger charge is 2.33. The zero-order valence-electron chi connectivity index (χ0n) is 10.9. The lowest BCUT2D eigenvalue weighted by Gasteiger charge is -2.22. The van der Waals surface area contributed by atoms with Crippen LogP contribution in [0.1, 0.15) is 62.0 Å². The Hall–Kier alpha value is -1.65. The molecule has 2 atom stereocenters. The summed E-state index contributed by atoms with van der Waals surface area (Å²) in [6, 6.07) is 0. The number of rotatable bonds is 3. The summed E-state index contributed by atoms with van der Waals surface area (Å²) >= 11 is 0. The van der Waals surface area contributed by atoms with Gasteiger partial charge < -0.3 is 5.11 Å². The molecule has 5 heteroatoms. The van der Waals surface area contributed by atoms with Crippen molar-refractivity contribution in [3.05, 3.63) is 23.8 Å². The van der Waals surface area contributed by atoms with Crippen molar-refractivity contribution in [2.24, 2.45) is 5.92 Å². The van der Waals surface area contributed by atoms with E-state index in [4.69, 9.17) is 0 Å². The third-order valence-electron chi connectivity index (χ3n) is 4.34. The van der Waals surface area contributed by atoms with Crippen molar-refractivity contribution in [2.75, 3.05) is 0 Å². The van der Waals surface area contributed by atoms with Gasteiger partial charge in [-0.05, 0) is 25.7 Å². The second-order valence-electron chi connectivity index (χ2n) is 5.55. The molecule has 0 amide bonds. The number of aromatic amines is 1. The van der Waals surface area contributed by atoms with E-state index < -0.39 is 5.97 Å². The Morgan fingerprint density at radius 2 is 2.00 bits per heavy atom. The summed E-state index contributed by atoms with van der Waals surface area (Å²) < 4.78 is 0. The van der Waals surface area contributed by atoms with E-state index in [0.29, 0.717) is 12.3 Å². The molecule has 19 heavy (non-hydrogen) atoms. The van der Waals surface area contributed by atoms with Gasteiger partial charge in [-0.2, -0.15) is 5.10 Å². The molecule has 1 saturated carbocycles. The fraction of sp³-hybridized carbons (Fsp3) is 0.643. The summed E-state index contributed by atoms with van der Waals surface area (Å²) in [4.78, 5) is 15.9. The first-order valence-corrected chi connectivity index (χ1v) is 7.05. The molecule has 2 aliphatic rings. The lowest BCUT2D eigenvalue weighted by molar-refractivity contribution is -0.142.